The van der Waals surface area contributed by atoms with Gasteiger partial charge in [0.1, 0.15) is 5.82 Å². The molecule has 4 aromatic rings. The first kappa shape index (κ1) is 13.9. The van der Waals surface area contributed by atoms with Gasteiger partial charge in [0.15, 0.2) is 5.69 Å². The van der Waals surface area contributed by atoms with E-state index in [1.165, 1.54) is 30.3 Å². The number of hydrogen-bond donors (Lipinski definition) is 0. The van der Waals surface area contributed by atoms with Crippen LogP contribution in [0.4, 0.5) is 17.6 Å². The largest absolute Gasteiger partial charge is 0.433 e. The van der Waals surface area contributed by atoms with E-state index in [4.69, 9.17) is 0 Å². The van der Waals surface area contributed by atoms with Crippen molar-refractivity contribution in [1.82, 2.24) is 4.98 Å². The van der Waals surface area contributed by atoms with Gasteiger partial charge in [0.05, 0.1) is 5.52 Å². The van der Waals surface area contributed by atoms with Crippen LogP contribution in [0.15, 0.2) is 54.6 Å². The van der Waals surface area contributed by atoms with Crippen LogP contribution in [-0.4, -0.2) is 4.98 Å². The van der Waals surface area contributed by atoms with Gasteiger partial charge in [-0.1, -0.05) is 36.4 Å². The number of fused-ring (bicyclic) bond motifs is 5. The maximum atomic E-state index is 13.4. The van der Waals surface area contributed by atoms with Crippen LogP contribution < -0.4 is 0 Å². The van der Waals surface area contributed by atoms with Crippen LogP contribution in [0, 0.1) is 5.82 Å². The number of alkyl halides is 3. The van der Waals surface area contributed by atoms with E-state index >= 15 is 0 Å². The van der Waals surface area contributed by atoms with Crippen LogP contribution in [0.3, 0.4) is 0 Å². The number of para-hydroxylation sites is 1. The summed E-state index contributed by atoms with van der Waals surface area (Å²) in [6.07, 6.45) is -4.56. The summed E-state index contributed by atoms with van der Waals surface area (Å²) in [4.78, 5) is 3.80. The molecule has 0 aliphatic rings. The zero-order chi connectivity index (χ0) is 16.2. The second kappa shape index (κ2) is 4.65. The normalized spacial score (nSPS) is 12.3. The minimum atomic E-state index is -4.56. The highest BCUT2D eigenvalue weighted by molar-refractivity contribution is 6.19. The van der Waals surface area contributed by atoms with E-state index in [2.05, 4.69) is 4.98 Å². The highest BCUT2D eigenvalue weighted by atomic mass is 19.4. The van der Waals surface area contributed by atoms with Crippen LogP contribution in [-0.2, 0) is 6.18 Å². The van der Waals surface area contributed by atoms with Crippen molar-refractivity contribution in [3.8, 4) is 0 Å². The van der Waals surface area contributed by atoms with E-state index in [9.17, 15) is 17.6 Å². The van der Waals surface area contributed by atoms with Gasteiger partial charge in [-0.2, -0.15) is 13.2 Å². The Morgan fingerprint density at radius 3 is 2.30 bits per heavy atom. The third-order valence-corrected chi connectivity index (χ3v) is 3.91. The number of hydrogen-bond acceptors (Lipinski definition) is 1. The molecule has 0 bridgehead atoms. The van der Waals surface area contributed by atoms with Gasteiger partial charge in [0, 0.05) is 16.2 Å². The smallest absolute Gasteiger partial charge is 0.243 e. The van der Waals surface area contributed by atoms with Crippen LogP contribution in [0.2, 0.25) is 0 Å². The highest BCUT2D eigenvalue weighted by Crippen LogP contribution is 2.39. The highest BCUT2D eigenvalue weighted by Gasteiger charge is 2.35. The topological polar surface area (TPSA) is 12.9 Å². The Morgan fingerprint density at radius 2 is 1.52 bits per heavy atom. The molecule has 3 aromatic carbocycles. The summed E-state index contributed by atoms with van der Waals surface area (Å²) in [5.74, 6) is -0.425. The number of rotatable bonds is 0. The Kier molecular flexibility index (Phi) is 2.82. The summed E-state index contributed by atoms with van der Waals surface area (Å²) in [6.45, 7) is 0. The second-order valence-electron chi connectivity index (χ2n) is 5.33. The van der Waals surface area contributed by atoms with Gasteiger partial charge in [0.25, 0.3) is 0 Å². The molecule has 0 unspecified atom stereocenters. The summed E-state index contributed by atoms with van der Waals surface area (Å²) in [5, 5.41) is 2.22. The van der Waals surface area contributed by atoms with Crippen LogP contribution in [0.25, 0.3) is 32.4 Å². The molecule has 0 aliphatic heterocycles. The molecule has 1 nitrogen and oxygen atoms in total. The lowest BCUT2D eigenvalue weighted by atomic mass is 9.97. The SMILES string of the molecule is Fc1ccc2c(ccc3c(C(F)(F)F)nc4ccccc4c32)c1. The first-order valence-electron chi connectivity index (χ1n) is 6.93. The molecule has 0 spiro atoms. The van der Waals surface area contributed by atoms with E-state index in [1.54, 1.807) is 24.3 Å². The molecule has 4 rings (SSSR count). The van der Waals surface area contributed by atoms with Gasteiger partial charge in [0.2, 0.25) is 0 Å². The average molecular weight is 315 g/mol. The van der Waals surface area contributed by atoms with Crippen molar-refractivity contribution in [3.05, 3.63) is 66.1 Å². The molecule has 0 amide bonds. The standard InChI is InChI=1S/C18H9F4N/c19-11-6-8-12-10(9-11)5-7-14-16(12)13-3-1-2-4-15(13)23-17(14)18(20,21)22/h1-9H. The number of aromatic nitrogens is 1. The number of benzene rings is 3. The molecular formula is C18H9F4N. The van der Waals surface area contributed by atoms with E-state index in [0.717, 1.165) is 0 Å². The predicted octanol–water partition coefficient (Wildman–Crippen LogP) is 5.70. The molecule has 23 heavy (non-hydrogen) atoms. The van der Waals surface area contributed by atoms with Crippen LogP contribution >= 0.6 is 0 Å². The molecular weight excluding hydrogens is 306 g/mol. The van der Waals surface area contributed by atoms with E-state index in [1.807, 2.05) is 0 Å². The Morgan fingerprint density at radius 1 is 0.783 bits per heavy atom. The van der Waals surface area contributed by atoms with Crippen LogP contribution in [0.5, 0.6) is 0 Å². The van der Waals surface area contributed by atoms with Gasteiger partial charge in [-0.25, -0.2) is 9.37 Å². The fourth-order valence-corrected chi connectivity index (χ4v) is 2.97. The van der Waals surface area contributed by atoms with E-state index in [-0.39, 0.29) is 10.9 Å². The number of pyridine rings is 1. The third kappa shape index (κ3) is 2.11. The molecule has 0 fully saturated rings. The van der Waals surface area contributed by atoms with Gasteiger partial charge in [-0.3, -0.25) is 0 Å². The molecule has 0 saturated carbocycles. The summed E-state index contributed by atoms with van der Waals surface area (Å²) in [5.41, 5.74) is -0.651. The summed E-state index contributed by atoms with van der Waals surface area (Å²) < 4.78 is 53.6. The molecule has 1 heterocycles. The van der Waals surface area contributed by atoms with Crippen molar-refractivity contribution >= 4 is 32.4 Å². The average Bonchev–Trinajstić information content (AvgIpc) is 2.52. The molecule has 0 saturated heterocycles. The van der Waals surface area contributed by atoms with Crippen molar-refractivity contribution in [2.24, 2.45) is 0 Å². The minimum absolute atomic E-state index is 0.0234. The first-order chi connectivity index (χ1) is 10.9. The number of nitrogens with zero attached hydrogens (tertiary/aromatic N) is 1. The fraction of sp³-hybridized carbons (Fsp3) is 0.0556. The van der Waals surface area contributed by atoms with Crippen molar-refractivity contribution in [2.75, 3.05) is 0 Å². The Bertz CT molecular complexity index is 1070. The zero-order valence-corrected chi connectivity index (χ0v) is 11.7. The lowest BCUT2D eigenvalue weighted by Gasteiger charge is -2.14. The van der Waals surface area contributed by atoms with Crippen molar-refractivity contribution in [3.63, 3.8) is 0 Å². The summed E-state index contributed by atoms with van der Waals surface area (Å²) in [6, 6.07) is 13.6. The number of halogens is 4. The second-order valence-corrected chi connectivity index (χ2v) is 5.33. The van der Waals surface area contributed by atoms with Gasteiger partial charge in [-0.15, -0.1) is 0 Å². The first-order valence-corrected chi connectivity index (χ1v) is 6.93. The molecule has 0 N–H and O–H groups in total. The molecule has 5 heteroatoms. The molecule has 114 valence electrons. The maximum absolute atomic E-state index is 13.4. The van der Waals surface area contributed by atoms with Crippen LogP contribution in [0.1, 0.15) is 5.69 Å². The quantitative estimate of drug-likeness (QED) is 0.300. The van der Waals surface area contributed by atoms with Gasteiger partial charge >= 0.3 is 6.18 Å². The maximum Gasteiger partial charge on any atom is 0.433 e. The lowest BCUT2D eigenvalue weighted by molar-refractivity contribution is -0.139. The lowest BCUT2D eigenvalue weighted by Crippen LogP contribution is -2.09. The Balaban J connectivity index is 2.32. The van der Waals surface area contributed by atoms with E-state index in [0.29, 0.717) is 21.5 Å². The third-order valence-electron chi connectivity index (χ3n) is 3.91. The van der Waals surface area contributed by atoms with Gasteiger partial charge < -0.3 is 0 Å². The van der Waals surface area contributed by atoms with E-state index < -0.39 is 17.7 Å². The van der Waals surface area contributed by atoms with Gasteiger partial charge in [-0.05, 0) is 29.0 Å². The predicted molar refractivity (Wildman–Crippen MR) is 81.7 cm³/mol. The molecule has 0 radical (unpaired) electrons. The Labute approximate surface area is 128 Å². The van der Waals surface area contributed by atoms with Crippen molar-refractivity contribution in [2.45, 2.75) is 6.18 Å². The fourth-order valence-electron chi connectivity index (χ4n) is 2.97. The summed E-state index contributed by atoms with van der Waals surface area (Å²) in [7, 11) is 0. The summed E-state index contributed by atoms with van der Waals surface area (Å²) >= 11 is 0. The minimum Gasteiger partial charge on any atom is -0.243 e. The molecule has 1 aromatic heterocycles. The van der Waals surface area contributed by atoms with Crippen molar-refractivity contribution < 1.29 is 17.6 Å². The Hall–Kier alpha value is -2.69. The monoisotopic (exact) mass is 315 g/mol. The zero-order valence-electron chi connectivity index (χ0n) is 11.7. The molecule has 0 aliphatic carbocycles. The molecule has 0 atom stereocenters. The van der Waals surface area contributed by atoms with Crippen molar-refractivity contribution in [1.29, 1.82) is 0 Å².